The number of hydrogen-bond donors (Lipinski definition) is 1. The van der Waals surface area contributed by atoms with E-state index >= 15 is 0 Å². The van der Waals surface area contributed by atoms with Gasteiger partial charge in [0.2, 0.25) is 0 Å². The van der Waals surface area contributed by atoms with Gasteiger partial charge in [0.25, 0.3) is 11.5 Å². The van der Waals surface area contributed by atoms with Gasteiger partial charge in [0.05, 0.1) is 16.3 Å². The molecule has 0 atom stereocenters. The van der Waals surface area contributed by atoms with Crippen LogP contribution in [0.5, 0.6) is 0 Å². The van der Waals surface area contributed by atoms with Crippen molar-refractivity contribution in [3.05, 3.63) is 92.7 Å². The Balaban J connectivity index is 1.63. The van der Waals surface area contributed by atoms with Crippen molar-refractivity contribution in [2.24, 2.45) is 7.05 Å². The van der Waals surface area contributed by atoms with Crippen molar-refractivity contribution in [1.29, 1.82) is 0 Å². The Hall–Kier alpha value is -3.09. The number of para-hydroxylation sites is 1. The predicted octanol–water partition coefficient (Wildman–Crippen LogP) is 5.12. The summed E-state index contributed by atoms with van der Waals surface area (Å²) in [6.45, 7) is 1.81. The van der Waals surface area contributed by atoms with Gasteiger partial charge in [0.1, 0.15) is 5.69 Å². The molecule has 1 N–H and O–H groups in total. The lowest BCUT2D eigenvalue weighted by Crippen LogP contribution is -2.22. The van der Waals surface area contributed by atoms with Gasteiger partial charge in [-0.2, -0.15) is 0 Å². The summed E-state index contributed by atoms with van der Waals surface area (Å²) < 4.78 is 3.28. The molecule has 5 nitrogen and oxygen atoms in total. The van der Waals surface area contributed by atoms with Crippen molar-refractivity contribution < 1.29 is 4.79 Å². The smallest absolute Gasteiger partial charge is 0.295 e. The molecular weight excluding hydrogens is 406 g/mol. The second-order valence-electron chi connectivity index (χ2n) is 6.56. The minimum atomic E-state index is -0.304. The van der Waals surface area contributed by atoms with E-state index in [0.717, 1.165) is 16.1 Å². The summed E-state index contributed by atoms with van der Waals surface area (Å²) in [7, 11) is 1.79. The summed E-state index contributed by atoms with van der Waals surface area (Å²) in [6, 6.07) is 20.4. The predicted molar refractivity (Wildman–Crippen MR) is 118 cm³/mol. The third-order valence-electron chi connectivity index (χ3n) is 4.75. The molecule has 0 saturated carbocycles. The van der Waals surface area contributed by atoms with Crippen molar-refractivity contribution in [2.75, 3.05) is 5.32 Å². The molecule has 0 unspecified atom stereocenters. The molecule has 0 aliphatic rings. The number of nitrogens with one attached hydrogen (secondary N) is 1. The molecule has 0 fully saturated rings. The second kappa shape index (κ2) is 7.73. The first-order chi connectivity index (χ1) is 14.0. The van der Waals surface area contributed by atoms with Gasteiger partial charge in [-0.05, 0) is 48.9 Å². The quantitative estimate of drug-likeness (QED) is 0.495. The summed E-state index contributed by atoms with van der Waals surface area (Å²) in [5.41, 5.74) is 2.43. The Labute approximate surface area is 176 Å². The van der Waals surface area contributed by atoms with E-state index < -0.39 is 0 Å². The van der Waals surface area contributed by atoms with Crippen LogP contribution < -0.4 is 10.9 Å². The van der Waals surface area contributed by atoms with Crippen LogP contribution in [0.25, 0.3) is 16.1 Å². The minimum absolute atomic E-state index is 0.265. The maximum atomic E-state index is 13.0. The largest absolute Gasteiger partial charge is 0.315 e. The highest BCUT2D eigenvalue weighted by molar-refractivity contribution is 7.17. The number of thiophene rings is 1. The number of hydrogen-bond acceptors (Lipinski definition) is 3. The molecule has 1 amide bonds. The fourth-order valence-corrected chi connectivity index (χ4v) is 4.15. The number of anilines is 1. The number of benzene rings is 2. The molecule has 2 heterocycles. The first-order valence-electron chi connectivity index (χ1n) is 8.97. The van der Waals surface area contributed by atoms with E-state index in [4.69, 9.17) is 11.6 Å². The molecule has 0 bridgehead atoms. The second-order valence-corrected chi connectivity index (χ2v) is 8.08. The SMILES string of the molecule is Cc1c(NC(=O)c2ccc(-c3ccc(Cl)cc3)s2)c(=O)n(-c2ccccc2)n1C. The number of nitrogens with zero attached hydrogens (tertiary/aromatic N) is 2. The summed E-state index contributed by atoms with van der Waals surface area (Å²) in [6.07, 6.45) is 0. The van der Waals surface area contributed by atoms with Crippen LogP contribution in [0.2, 0.25) is 5.02 Å². The van der Waals surface area contributed by atoms with Gasteiger partial charge in [-0.15, -0.1) is 11.3 Å². The van der Waals surface area contributed by atoms with E-state index in [1.807, 2.05) is 67.6 Å². The highest BCUT2D eigenvalue weighted by Gasteiger charge is 2.19. The number of rotatable bonds is 4. The first kappa shape index (κ1) is 19.2. The molecule has 2 aromatic heterocycles. The monoisotopic (exact) mass is 423 g/mol. The Morgan fingerprint density at radius 1 is 1.00 bits per heavy atom. The van der Waals surface area contributed by atoms with Crippen LogP contribution in [-0.2, 0) is 7.05 Å². The fourth-order valence-electron chi connectivity index (χ4n) is 3.12. The standard InChI is InChI=1S/C22H18ClN3O2S/c1-14-20(22(28)26(25(14)2)17-6-4-3-5-7-17)24-21(27)19-13-12-18(29-19)15-8-10-16(23)11-9-15/h3-13H,1-2H3,(H,24,27). The average Bonchev–Trinajstić information content (AvgIpc) is 3.29. The lowest BCUT2D eigenvalue weighted by Gasteiger charge is -2.07. The molecule has 4 rings (SSSR count). The van der Waals surface area contributed by atoms with Crippen molar-refractivity contribution in [1.82, 2.24) is 9.36 Å². The van der Waals surface area contributed by atoms with Crippen molar-refractivity contribution >= 4 is 34.5 Å². The zero-order valence-electron chi connectivity index (χ0n) is 15.8. The molecule has 146 valence electrons. The Morgan fingerprint density at radius 3 is 2.38 bits per heavy atom. The fraction of sp³-hybridized carbons (Fsp3) is 0.0909. The third kappa shape index (κ3) is 3.64. The van der Waals surface area contributed by atoms with Crippen LogP contribution in [0.4, 0.5) is 5.69 Å². The molecule has 7 heteroatoms. The highest BCUT2D eigenvalue weighted by Crippen LogP contribution is 2.29. The van der Waals surface area contributed by atoms with E-state index in [9.17, 15) is 9.59 Å². The van der Waals surface area contributed by atoms with Gasteiger partial charge in [-0.25, -0.2) is 4.68 Å². The zero-order valence-corrected chi connectivity index (χ0v) is 17.4. The van der Waals surface area contributed by atoms with E-state index in [0.29, 0.717) is 15.6 Å². The molecule has 2 aromatic carbocycles. The van der Waals surface area contributed by atoms with Crippen molar-refractivity contribution in [2.45, 2.75) is 6.92 Å². The molecular formula is C22H18ClN3O2S. The van der Waals surface area contributed by atoms with Gasteiger partial charge in [0.15, 0.2) is 0 Å². The number of halogens is 1. The van der Waals surface area contributed by atoms with Gasteiger partial charge >= 0.3 is 0 Å². The van der Waals surface area contributed by atoms with Crippen LogP contribution >= 0.6 is 22.9 Å². The Bertz CT molecular complexity index is 1240. The lowest BCUT2D eigenvalue weighted by atomic mass is 10.2. The van der Waals surface area contributed by atoms with Gasteiger partial charge in [-0.1, -0.05) is 41.9 Å². The van der Waals surface area contributed by atoms with Crippen LogP contribution in [0.1, 0.15) is 15.4 Å². The molecule has 4 aromatic rings. The highest BCUT2D eigenvalue weighted by atomic mass is 35.5. The third-order valence-corrected chi connectivity index (χ3v) is 6.14. The van der Waals surface area contributed by atoms with Crippen molar-refractivity contribution in [3.63, 3.8) is 0 Å². The van der Waals surface area contributed by atoms with Crippen LogP contribution in [0.3, 0.4) is 0 Å². The Morgan fingerprint density at radius 2 is 1.69 bits per heavy atom. The average molecular weight is 424 g/mol. The molecule has 0 spiro atoms. The van der Waals surface area contributed by atoms with E-state index in [1.54, 1.807) is 22.5 Å². The maximum Gasteiger partial charge on any atom is 0.295 e. The first-order valence-corrected chi connectivity index (χ1v) is 10.2. The zero-order chi connectivity index (χ0) is 20.5. The van der Waals surface area contributed by atoms with Crippen molar-refractivity contribution in [3.8, 4) is 16.1 Å². The lowest BCUT2D eigenvalue weighted by molar-refractivity contribution is 0.103. The van der Waals surface area contributed by atoms with Gasteiger partial charge < -0.3 is 5.32 Å². The van der Waals surface area contributed by atoms with Crippen LogP contribution in [0, 0.1) is 6.92 Å². The Kier molecular flexibility index (Phi) is 5.13. The van der Waals surface area contributed by atoms with Crippen LogP contribution in [-0.4, -0.2) is 15.3 Å². The molecule has 0 radical (unpaired) electrons. The van der Waals surface area contributed by atoms with E-state index in [-0.39, 0.29) is 17.2 Å². The summed E-state index contributed by atoms with van der Waals surface area (Å²) in [5, 5.41) is 3.46. The maximum absolute atomic E-state index is 13.0. The number of carbonyl (C=O) groups excluding carboxylic acids is 1. The number of carbonyl (C=O) groups is 1. The summed E-state index contributed by atoms with van der Waals surface area (Å²) in [4.78, 5) is 27.2. The normalized spacial score (nSPS) is 10.9. The molecule has 0 aliphatic heterocycles. The number of aromatic nitrogens is 2. The summed E-state index contributed by atoms with van der Waals surface area (Å²) >= 11 is 7.31. The number of amides is 1. The minimum Gasteiger partial charge on any atom is -0.315 e. The molecule has 0 saturated heterocycles. The molecule has 0 aliphatic carbocycles. The molecule has 29 heavy (non-hydrogen) atoms. The summed E-state index contributed by atoms with van der Waals surface area (Å²) in [5.74, 6) is -0.304. The van der Waals surface area contributed by atoms with Crippen LogP contribution in [0.15, 0.2) is 71.5 Å². The van der Waals surface area contributed by atoms with E-state index in [1.165, 1.54) is 11.3 Å². The van der Waals surface area contributed by atoms with E-state index in [2.05, 4.69) is 5.32 Å². The van der Waals surface area contributed by atoms with Gasteiger partial charge in [0, 0.05) is 16.9 Å². The topological polar surface area (TPSA) is 56.0 Å². The van der Waals surface area contributed by atoms with Gasteiger partial charge in [-0.3, -0.25) is 14.3 Å².